The van der Waals surface area contributed by atoms with Crippen molar-refractivity contribution in [2.75, 3.05) is 39.3 Å². The number of hydrogen-bond acceptors (Lipinski definition) is 3. The highest BCUT2D eigenvalue weighted by Gasteiger charge is 2.38. The van der Waals surface area contributed by atoms with E-state index in [9.17, 15) is 4.79 Å². The molecule has 2 heterocycles. The highest BCUT2D eigenvalue weighted by Crippen LogP contribution is 2.47. The van der Waals surface area contributed by atoms with Crippen molar-refractivity contribution in [3.05, 3.63) is 60.1 Å². The molecule has 2 unspecified atom stereocenters. The maximum atomic E-state index is 12.4. The second kappa shape index (κ2) is 8.50. The van der Waals surface area contributed by atoms with Gasteiger partial charge in [-0.1, -0.05) is 30.3 Å². The number of nitrogens with zero attached hydrogens (tertiary/aromatic N) is 3. The van der Waals surface area contributed by atoms with E-state index in [1.165, 1.54) is 12.0 Å². The van der Waals surface area contributed by atoms with Crippen LogP contribution in [0.1, 0.15) is 35.4 Å². The highest BCUT2D eigenvalue weighted by molar-refractivity contribution is 5.91. The minimum Gasteiger partial charge on any atom is -0.459 e. The molecule has 1 amide bonds. The zero-order valence-electron chi connectivity index (χ0n) is 16.4. The van der Waals surface area contributed by atoms with E-state index in [-0.39, 0.29) is 5.91 Å². The van der Waals surface area contributed by atoms with Crippen molar-refractivity contribution in [1.29, 1.82) is 0 Å². The quantitative estimate of drug-likeness (QED) is 0.640. The van der Waals surface area contributed by atoms with Crippen LogP contribution in [0, 0.1) is 5.92 Å². The standard InChI is InChI=1S/C22H28N4O2/c1-2-23-22(24-16-18-15-19(18)17-7-4-3-5-8-17)26-12-10-25(11-13-26)21(27)20-9-6-14-28-20/h3-9,14,18-19H,2,10-13,15-16H2,1H3,(H,23,24). The fraction of sp³-hybridized carbons (Fsp3) is 0.455. The van der Waals surface area contributed by atoms with Crippen molar-refractivity contribution < 1.29 is 9.21 Å². The van der Waals surface area contributed by atoms with Gasteiger partial charge in [0.2, 0.25) is 0 Å². The van der Waals surface area contributed by atoms with Crippen molar-refractivity contribution >= 4 is 11.9 Å². The van der Waals surface area contributed by atoms with Crippen LogP contribution in [-0.4, -0.2) is 60.9 Å². The monoisotopic (exact) mass is 380 g/mol. The second-order valence-corrected chi connectivity index (χ2v) is 7.46. The smallest absolute Gasteiger partial charge is 0.289 e. The number of aliphatic imine (C=N–C) groups is 1. The molecule has 2 aromatic rings. The summed E-state index contributed by atoms with van der Waals surface area (Å²) in [5.74, 6) is 2.63. The average Bonchev–Trinajstić information content (AvgIpc) is 3.31. The van der Waals surface area contributed by atoms with Crippen LogP contribution in [0.4, 0.5) is 0 Å². The van der Waals surface area contributed by atoms with Crippen LogP contribution < -0.4 is 5.32 Å². The van der Waals surface area contributed by atoms with Gasteiger partial charge in [-0.2, -0.15) is 0 Å². The molecule has 2 fully saturated rings. The molecule has 1 aliphatic heterocycles. The molecule has 1 aromatic heterocycles. The zero-order valence-corrected chi connectivity index (χ0v) is 16.4. The molecule has 6 nitrogen and oxygen atoms in total. The van der Waals surface area contributed by atoms with Crippen LogP contribution in [0.15, 0.2) is 58.1 Å². The minimum atomic E-state index is -0.0322. The number of amides is 1. The number of carbonyl (C=O) groups is 1. The van der Waals surface area contributed by atoms with Crippen LogP contribution in [0.25, 0.3) is 0 Å². The Morgan fingerprint density at radius 3 is 2.54 bits per heavy atom. The van der Waals surface area contributed by atoms with Crippen LogP contribution in [0.5, 0.6) is 0 Å². The van der Waals surface area contributed by atoms with E-state index in [2.05, 4.69) is 47.5 Å². The molecule has 4 rings (SSSR count). The van der Waals surface area contributed by atoms with E-state index in [1.54, 1.807) is 18.4 Å². The summed E-state index contributed by atoms with van der Waals surface area (Å²) in [7, 11) is 0. The molecule has 0 spiro atoms. The van der Waals surface area contributed by atoms with E-state index < -0.39 is 0 Å². The predicted octanol–water partition coefficient (Wildman–Crippen LogP) is 2.81. The van der Waals surface area contributed by atoms with E-state index in [0.29, 0.717) is 30.7 Å². The highest BCUT2D eigenvalue weighted by atomic mass is 16.3. The van der Waals surface area contributed by atoms with Gasteiger partial charge in [0, 0.05) is 39.3 Å². The summed E-state index contributed by atoms with van der Waals surface area (Å²) >= 11 is 0. The molecule has 0 radical (unpaired) electrons. The summed E-state index contributed by atoms with van der Waals surface area (Å²) in [6, 6.07) is 14.2. The first kappa shape index (κ1) is 18.6. The molecule has 1 N–H and O–H groups in total. The fourth-order valence-electron chi connectivity index (χ4n) is 3.86. The summed E-state index contributed by atoms with van der Waals surface area (Å²) < 4.78 is 5.24. The summed E-state index contributed by atoms with van der Waals surface area (Å²) in [6.45, 7) is 6.72. The molecule has 1 aromatic carbocycles. The number of rotatable bonds is 5. The molecular weight excluding hydrogens is 352 g/mol. The first-order chi connectivity index (χ1) is 13.8. The summed E-state index contributed by atoms with van der Waals surface area (Å²) in [5, 5.41) is 3.42. The Kier molecular flexibility index (Phi) is 5.65. The lowest BCUT2D eigenvalue weighted by molar-refractivity contribution is 0.0657. The Bertz CT molecular complexity index is 795. The van der Waals surface area contributed by atoms with E-state index in [4.69, 9.17) is 9.41 Å². The van der Waals surface area contributed by atoms with Gasteiger partial charge in [-0.05, 0) is 42.9 Å². The Morgan fingerprint density at radius 1 is 1.11 bits per heavy atom. The molecule has 1 saturated heterocycles. The van der Waals surface area contributed by atoms with Gasteiger partial charge in [0.15, 0.2) is 11.7 Å². The topological polar surface area (TPSA) is 61.1 Å². The molecule has 148 valence electrons. The maximum Gasteiger partial charge on any atom is 0.289 e. The van der Waals surface area contributed by atoms with Crippen molar-refractivity contribution in [3.8, 4) is 0 Å². The summed E-state index contributed by atoms with van der Waals surface area (Å²) in [6.07, 6.45) is 2.76. The van der Waals surface area contributed by atoms with Crippen LogP contribution >= 0.6 is 0 Å². The first-order valence-corrected chi connectivity index (χ1v) is 10.2. The van der Waals surface area contributed by atoms with Crippen molar-refractivity contribution in [3.63, 3.8) is 0 Å². The largest absolute Gasteiger partial charge is 0.459 e. The number of piperazine rings is 1. The molecule has 28 heavy (non-hydrogen) atoms. The van der Waals surface area contributed by atoms with Gasteiger partial charge in [0.25, 0.3) is 5.91 Å². The van der Waals surface area contributed by atoms with Crippen molar-refractivity contribution in [1.82, 2.24) is 15.1 Å². The Morgan fingerprint density at radius 2 is 1.86 bits per heavy atom. The van der Waals surface area contributed by atoms with E-state index in [1.807, 2.05) is 4.90 Å². The molecule has 2 aliphatic rings. The van der Waals surface area contributed by atoms with Crippen LogP contribution in [0.2, 0.25) is 0 Å². The number of furan rings is 1. The lowest BCUT2D eigenvalue weighted by Gasteiger charge is -2.36. The summed E-state index contributed by atoms with van der Waals surface area (Å²) in [5.41, 5.74) is 1.43. The third kappa shape index (κ3) is 4.21. The molecule has 2 atom stereocenters. The van der Waals surface area contributed by atoms with E-state index >= 15 is 0 Å². The predicted molar refractivity (Wildman–Crippen MR) is 109 cm³/mol. The molecule has 0 bridgehead atoms. The number of carbonyl (C=O) groups excluding carboxylic acids is 1. The molecule has 6 heteroatoms. The Balaban J connectivity index is 1.31. The number of benzene rings is 1. The zero-order chi connectivity index (χ0) is 19.3. The third-order valence-corrected chi connectivity index (χ3v) is 5.56. The fourth-order valence-corrected chi connectivity index (χ4v) is 3.86. The number of nitrogens with one attached hydrogen (secondary N) is 1. The lowest BCUT2D eigenvalue weighted by Crippen LogP contribution is -2.53. The lowest BCUT2D eigenvalue weighted by atomic mass is 10.1. The number of guanidine groups is 1. The molecular formula is C22H28N4O2. The summed E-state index contributed by atoms with van der Waals surface area (Å²) in [4.78, 5) is 21.4. The van der Waals surface area contributed by atoms with Gasteiger partial charge in [-0.25, -0.2) is 0 Å². The Labute approximate surface area is 166 Å². The van der Waals surface area contributed by atoms with Gasteiger partial charge in [0.1, 0.15) is 0 Å². The van der Waals surface area contributed by atoms with Gasteiger partial charge >= 0.3 is 0 Å². The number of hydrogen-bond donors (Lipinski definition) is 1. The van der Waals surface area contributed by atoms with Gasteiger partial charge in [-0.15, -0.1) is 0 Å². The normalized spacial score (nSPS) is 22.2. The van der Waals surface area contributed by atoms with Crippen molar-refractivity contribution in [2.24, 2.45) is 10.9 Å². The first-order valence-electron chi connectivity index (χ1n) is 10.2. The third-order valence-electron chi connectivity index (χ3n) is 5.56. The maximum absolute atomic E-state index is 12.4. The van der Waals surface area contributed by atoms with E-state index in [0.717, 1.165) is 32.1 Å². The second-order valence-electron chi connectivity index (χ2n) is 7.46. The average molecular weight is 380 g/mol. The van der Waals surface area contributed by atoms with Crippen LogP contribution in [-0.2, 0) is 0 Å². The SMILES string of the molecule is CCNC(=NCC1CC1c1ccccc1)N1CCN(C(=O)c2ccco2)CC1. The van der Waals surface area contributed by atoms with Gasteiger partial charge in [-0.3, -0.25) is 9.79 Å². The van der Waals surface area contributed by atoms with Gasteiger partial charge in [0.05, 0.1) is 6.26 Å². The van der Waals surface area contributed by atoms with Gasteiger partial charge < -0.3 is 19.5 Å². The molecule has 1 aliphatic carbocycles. The minimum absolute atomic E-state index is 0.0322. The Hall–Kier alpha value is -2.76. The molecule has 1 saturated carbocycles. The van der Waals surface area contributed by atoms with Crippen molar-refractivity contribution in [2.45, 2.75) is 19.3 Å². The van der Waals surface area contributed by atoms with Crippen LogP contribution in [0.3, 0.4) is 0 Å².